The lowest BCUT2D eigenvalue weighted by Gasteiger charge is -2.17. The largest absolute Gasteiger partial charge is 0.463 e. The molecule has 1 aromatic carbocycles. The highest BCUT2D eigenvalue weighted by molar-refractivity contribution is 5.73. The van der Waals surface area contributed by atoms with E-state index < -0.39 is 0 Å². The molecule has 86 valence electrons. The van der Waals surface area contributed by atoms with Crippen molar-refractivity contribution in [1.29, 1.82) is 0 Å². The highest BCUT2D eigenvalue weighted by Crippen LogP contribution is 2.26. The molecule has 0 aliphatic carbocycles. The van der Waals surface area contributed by atoms with E-state index in [0.29, 0.717) is 18.5 Å². The summed E-state index contributed by atoms with van der Waals surface area (Å²) < 4.78 is 5.17. The Morgan fingerprint density at radius 1 is 1.44 bits per heavy atom. The van der Waals surface area contributed by atoms with E-state index in [9.17, 15) is 0 Å². The van der Waals surface area contributed by atoms with Gasteiger partial charge in [-0.15, -0.1) is 0 Å². The maximum Gasteiger partial charge on any atom is 0.282 e. The van der Waals surface area contributed by atoms with Crippen LogP contribution in [0.4, 0.5) is 0 Å². The van der Waals surface area contributed by atoms with Crippen LogP contribution in [0.2, 0.25) is 0 Å². The fraction of sp³-hybridized carbons (Fsp3) is 0.462. The Labute approximate surface area is 96.3 Å². The van der Waals surface area contributed by atoms with E-state index >= 15 is 0 Å². The van der Waals surface area contributed by atoms with Crippen LogP contribution in [0.15, 0.2) is 35.3 Å². The first-order valence-corrected chi connectivity index (χ1v) is 5.80. The van der Waals surface area contributed by atoms with Gasteiger partial charge in [0, 0.05) is 0 Å². The van der Waals surface area contributed by atoms with Crippen molar-refractivity contribution in [2.75, 3.05) is 6.61 Å². The molecule has 0 amide bonds. The molecule has 0 saturated heterocycles. The van der Waals surface area contributed by atoms with Gasteiger partial charge in [-0.05, 0) is 24.3 Å². The van der Waals surface area contributed by atoms with Crippen molar-refractivity contribution in [3.8, 4) is 0 Å². The molecule has 2 N–H and O–H groups in total. The summed E-state index contributed by atoms with van der Waals surface area (Å²) in [6.07, 6.45) is 2.14. The molecule has 3 nitrogen and oxygen atoms in total. The van der Waals surface area contributed by atoms with Crippen molar-refractivity contribution in [1.82, 2.24) is 0 Å². The van der Waals surface area contributed by atoms with Gasteiger partial charge in [0.2, 0.25) is 0 Å². The number of nitrogens with zero attached hydrogens (tertiary/aromatic N) is 1. The van der Waals surface area contributed by atoms with Gasteiger partial charge in [-0.3, -0.25) is 0 Å². The molecule has 0 unspecified atom stereocenters. The van der Waals surface area contributed by atoms with Crippen LogP contribution >= 0.6 is 0 Å². The van der Waals surface area contributed by atoms with Crippen LogP contribution in [0.5, 0.6) is 0 Å². The molecule has 0 bridgehead atoms. The van der Waals surface area contributed by atoms with E-state index in [1.54, 1.807) is 0 Å². The number of hydrogen-bond acceptors (Lipinski definition) is 3. The SMILES string of the molecule is CC[C@H](C[C@H]1COC(N)=N1)c1ccccc1. The second-order valence-corrected chi connectivity index (χ2v) is 4.18. The number of hydrogen-bond donors (Lipinski definition) is 1. The molecule has 1 aromatic rings. The second-order valence-electron chi connectivity index (χ2n) is 4.18. The average molecular weight is 218 g/mol. The van der Waals surface area contributed by atoms with E-state index in [-0.39, 0.29) is 6.04 Å². The minimum atomic E-state index is 0.227. The van der Waals surface area contributed by atoms with Gasteiger partial charge >= 0.3 is 0 Å². The Morgan fingerprint density at radius 2 is 2.19 bits per heavy atom. The molecule has 1 heterocycles. The van der Waals surface area contributed by atoms with Crippen LogP contribution in [0.3, 0.4) is 0 Å². The van der Waals surface area contributed by atoms with Crippen molar-refractivity contribution < 1.29 is 4.74 Å². The first-order valence-electron chi connectivity index (χ1n) is 5.80. The molecule has 0 aromatic heterocycles. The number of rotatable bonds is 4. The van der Waals surface area contributed by atoms with Crippen molar-refractivity contribution in [3.05, 3.63) is 35.9 Å². The summed E-state index contributed by atoms with van der Waals surface area (Å²) in [4.78, 5) is 4.27. The molecular formula is C13H18N2O. The van der Waals surface area contributed by atoms with Crippen molar-refractivity contribution in [2.24, 2.45) is 10.7 Å². The quantitative estimate of drug-likeness (QED) is 0.842. The van der Waals surface area contributed by atoms with E-state index in [0.717, 1.165) is 12.8 Å². The monoisotopic (exact) mass is 218 g/mol. The zero-order valence-corrected chi connectivity index (χ0v) is 9.60. The first-order chi connectivity index (χ1) is 7.79. The van der Waals surface area contributed by atoms with Gasteiger partial charge < -0.3 is 10.5 Å². The summed E-state index contributed by atoms with van der Waals surface area (Å²) in [5.41, 5.74) is 6.89. The molecule has 1 aliphatic heterocycles. The number of amidine groups is 1. The molecule has 1 aliphatic rings. The normalized spacial score (nSPS) is 21.3. The number of ether oxygens (including phenoxy) is 1. The molecule has 2 atom stereocenters. The van der Waals surface area contributed by atoms with E-state index in [1.165, 1.54) is 5.56 Å². The Kier molecular flexibility index (Phi) is 3.44. The molecule has 0 saturated carbocycles. The summed E-state index contributed by atoms with van der Waals surface area (Å²) in [5.74, 6) is 0.546. The average Bonchev–Trinajstić information content (AvgIpc) is 2.73. The maximum absolute atomic E-state index is 5.51. The van der Waals surface area contributed by atoms with E-state index in [1.807, 2.05) is 6.07 Å². The molecule has 0 spiro atoms. The standard InChI is InChI=1S/C13H18N2O/c1-2-10(11-6-4-3-5-7-11)8-12-9-16-13(14)15-12/h3-7,10,12H,2,8-9H2,1H3,(H2,14,15)/t10-,12+/m1/s1. The van der Waals surface area contributed by atoms with Crippen LogP contribution in [0, 0.1) is 0 Å². The summed E-state index contributed by atoms with van der Waals surface area (Å²) in [6.45, 7) is 2.84. The highest BCUT2D eigenvalue weighted by atomic mass is 16.5. The van der Waals surface area contributed by atoms with Gasteiger partial charge in [-0.2, -0.15) is 0 Å². The lowest BCUT2D eigenvalue weighted by molar-refractivity contribution is 0.301. The molecular weight excluding hydrogens is 200 g/mol. The molecule has 0 radical (unpaired) electrons. The lowest BCUT2D eigenvalue weighted by atomic mass is 9.90. The highest BCUT2D eigenvalue weighted by Gasteiger charge is 2.21. The van der Waals surface area contributed by atoms with Crippen LogP contribution in [0.1, 0.15) is 31.2 Å². The number of benzene rings is 1. The van der Waals surface area contributed by atoms with Crippen LogP contribution in [0.25, 0.3) is 0 Å². The van der Waals surface area contributed by atoms with Gasteiger partial charge in [-0.25, -0.2) is 4.99 Å². The zero-order valence-electron chi connectivity index (χ0n) is 9.60. The fourth-order valence-electron chi connectivity index (χ4n) is 2.15. The third-order valence-corrected chi connectivity index (χ3v) is 3.05. The fourth-order valence-corrected chi connectivity index (χ4v) is 2.15. The van der Waals surface area contributed by atoms with Crippen LogP contribution < -0.4 is 5.73 Å². The summed E-state index contributed by atoms with van der Waals surface area (Å²) >= 11 is 0. The third-order valence-electron chi connectivity index (χ3n) is 3.05. The first kappa shape index (κ1) is 11.0. The lowest BCUT2D eigenvalue weighted by Crippen LogP contribution is -2.12. The molecule has 0 fully saturated rings. The molecule has 16 heavy (non-hydrogen) atoms. The summed E-state index contributed by atoms with van der Waals surface area (Å²) in [6, 6.07) is 11.1. The van der Waals surface area contributed by atoms with Gasteiger partial charge in [0.15, 0.2) is 0 Å². The van der Waals surface area contributed by atoms with Crippen LogP contribution in [-0.2, 0) is 4.74 Å². The smallest absolute Gasteiger partial charge is 0.282 e. The summed E-state index contributed by atoms with van der Waals surface area (Å²) in [5, 5.41) is 0. The Hall–Kier alpha value is -1.51. The van der Waals surface area contributed by atoms with Gasteiger partial charge in [-0.1, -0.05) is 37.3 Å². The van der Waals surface area contributed by atoms with Crippen molar-refractivity contribution >= 4 is 6.02 Å². The predicted octanol–water partition coefficient (Wildman–Crippen LogP) is 2.28. The Balaban J connectivity index is 2.01. The van der Waals surface area contributed by atoms with Gasteiger partial charge in [0.25, 0.3) is 6.02 Å². The van der Waals surface area contributed by atoms with Gasteiger partial charge in [0.05, 0.1) is 6.04 Å². The van der Waals surface area contributed by atoms with Crippen molar-refractivity contribution in [2.45, 2.75) is 31.7 Å². The number of aliphatic imine (C=N–C) groups is 1. The van der Waals surface area contributed by atoms with E-state index in [2.05, 4.69) is 36.2 Å². The molecule has 3 heteroatoms. The predicted molar refractivity (Wildman–Crippen MR) is 65.5 cm³/mol. The summed E-state index contributed by atoms with van der Waals surface area (Å²) in [7, 11) is 0. The van der Waals surface area contributed by atoms with Crippen molar-refractivity contribution in [3.63, 3.8) is 0 Å². The minimum Gasteiger partial charge on any atom is -0.463 e. The Morgan fingerprint density at radius 3 is 2.75 bits per heavy atom. The third kappa shape index (κ3) is 2.54. The molecule has 2 rings (SSSR count). The zero-order chi connectivity index (χ0) is 11.4. The van der Waals surface area contributed by atoms with Gasteiger partial charge in [0.1, 0.15) is 6.61 Å². The second kappa shape index (κ2) is 5.01. The maximum atomic E-state index is 5.51. The number of nitrogens with two attached hydrogens (primary N) is 1. The minimum absolute atomic E-state index is 0.227. The van der Waals surface area contributed by atoms with E-state index in [4.69, 9.17) is 10.5 Å². The Bertz CT molecular complexity index is 361. The van der Waals surface area contributed by atoms with Crippen LogP contribution in [-0.4, -0.2) is 18.7 Å². The topological polar surface area (TPSA) is 47.6 Å².